The SMILES string of the molecule is COc1ccc(O)c(C(=O)OCC(=O)COC(=O)c2cc(OC)ccc2O)c1. The molecule has 0 spiro atoms. The average Bonchev–Trinajstić information content (AvgIpc) is 2.70. The first kappa shape index (κ1) is 20.6. The molecule has 0 saturated carbocycles. The van der Waals surface area contributed by atoms with E-state index in [2.05, 4.69) is 0 Å². The molecule has 2 rings (SSSR count). The molecular formula is C19H18O9. The maximum absolute atomic E-state index is 12.0. The summed E-state index contributed by atoms with van der Waals surface area (Å²) < 4.78 is 19.5. The van der Waals surface area contributed by atoms with Gasteiger partial charge in [-0.05, 0) is 36.4 Å². The van der Waals surface area contributed by atoms with Crippen molar-refractivity contribution in [2.45, 2.75) is 0 Å². The van der Waals surface area contributed by atoms with Crippen LogP contribution < -0.4 is 9.47 Å². The van der Waals surface area contributed by atoms with E-state index in [4.69, 9.17) is 18.9 Å². The number of ketones is 1. The lowest BCUT2D eigenvalue weighted by molar-refractivity contribution is -0.125. The molecule has 2 N–H and O–H groups in total. The predicted octanol–water partition coefficient (Wildman–Crippen LogP) is 1.70. The highest BCUT2D eigenvalue weighted by Crippen LogP contribution is 2.24. The molecule has 0 aliphatic rings. The van der Waals surface area contributed by atoms with Gasteiger partial charge in [-0.15, -0.1) is 0 Å². The van der Waals surface area contributed by atoms with Gasteiger partial charge in [0.05, 0.1) is 14.2 Å². The number of phenolic OH excluding ortho intramolecular Hbond substituents is 2. The maximum Gasteiger partial charge on any atom is 0.342 e. The van der Waals surface area contributed by atoms with Gasteiger partial charge in [-0.1, -0.05) is 0 Å². The molecule has 9 nitrogen and oxygen atoms in total. The highest BCUT2D eigenvalue weighted by atomic mass is 16.6. The first-order chi connectivity index (χ1) is 13.3. The van der Waals surface area contributed by atoms with Crippen molar-refractivity contribution in [2.24, 2.45) is 0 Å². The second-order valence-electron chi connectivity index (χ2n) is 5.46. The Bertz CT molecular complexity index is 817. The van der Waals surface area contributed by atoms with Gasteiger partial charge in [0.1, 0.15) is 34.1 Å². The molecule has 0 heterocycles. The molecule has 0 aliphatic heterocycles. The Balaban J connectivity index is 1.89. The van der Waals surface area contributed by atoms with Crippen LogP contribution in [0.5, 0.6) is 23.0 Å². The van der Waals surface area contributed by atoms with Crippen molar-refractivity contribution < 1.29 is 43.5 Å². The smallest absolute Gasteiger partial charge is 0.342 e. The average molecular weight is 390 g/mol. The van der Waals surface area contributed by atoms with Gasteiger partial charge >= 0.3 is 11.9 Å². The van der Waals surface area contributed by atoms with E-state index in [1.54, 1.807) is 0 Å². The minimum absolute atomic E-state index is 0.176. The van der Waals surface area contributed by atoms with E-state index in [0.717, 1.165) is 0 Å². The highest BCUT2D eigenvalue weighted by molar-refractivity contribution is 5.96. The van der Waals surface area contributed by atoms with Crippen molar-refractivity contribution in [3.63, 3.8) is 0 Å². The third-order valence-corrected chi connectivity index (χ3v) is 3.58. The number of aromatic hydroxyl groups is 2. The van der Waals surface area contributed by atoms with Crippen LogP contribution in [0.2, 0.25) is 0 Å². The van der Waals surface area contributed by atoms with E-state index in [0.29, 0.717) is 11.5 Å². The number of hydrogen-bond acceptors (Lipinski definition) is 9. The van der Waals surface area contributed by atoms with E-state index in [-0.39, 0.29) is 22.6 Å². The van der Waals surface area contributed by atoms with Crippen molar-refractivity contribution in [1.82, 2.24) is 0 Å². The van der Waals surface area contributed by atoms with Crippen molar-refractivity contribution in [3.05, 3.63) is 47.5 Å². The van der Waals surface area contributed by atoms with E-state index >= 15 is 0 Å². The molecule has 28 heavy (non-hydrogen) atoms. The van der Waals surface area contributed by atoms with Crippen LogP contribution >= 0.6 is 0 Å². The number of methoxy groups -OCH3 is 2. The Hall–Kier alpha value is -3.75. The van der Waals surface area contributed by atoms with Gasteiger partial charge in [0.15, 0.2) is 13.2 Å². The predicted molar refractivity (Wildman–Crippen MR) is 94.9 cm³/mol. The molecule has 2 aromatic carbocycles. The molecule has 0 atom stereocenters. The fourth-order valence-electron chi connectivity index (χ4n) is 2.10. The van der Waals surface area contributed by atoms with Crippen LogP contribution in [-0.4, -0.2) is 55.4 Å². The summed E-state index contributed by atoms with van der Waals surface area (Å²) >= 11 is 0. The zero-order chi connectivity index (χ0) is 20.7. The van der Waals surface area contributed by atoms with Crippen LogP contribution in [0.1, 0.15) is 20.7 Å². The summed E-state index contributed by atoms with van der Waals surface area (Å²) in [5.74, 6) is -2.61. The molecule has 0 fully saturated rings. The van der Waals surface area contributed by atoms with Crippen molar-refractivity contribution in [2.75, 3.05) is 27.4 Å². The molecule has 0 aliphatic carbocycles. The minimum Gasteiger partial charge on any atom is -0.507 e. The zero-order valence-electron chi connectivity index (χ0n) is 15.1. The summed E-state index contributed by atoms with van der Waals surface area (Å²) in [6.07, 6.45) is 0. The first-order valence-electron chi connectivity index (χ1n) is 7.95. The third kappa shape index (κ3) is 5.13. The van der Waals surface area contributed by atoms with Gasteiger partial charge in [-0.2, -0.15) is 0 Å². The van der Waals surface area contributed by atoms with E-state index in [9.17, 15) is 24.6 Å². The lowest BCUT2D eigenvalue weighted by atomic mass is 10.2. The lowest BCUT2D eigenvalue weighted by Gasteiger charge is -2.09. The number of phenols is 2. The first-order valence-corrected chi connectivity index (χ1v) is 7.95. The van der Waals surface area contributed by atoms with Gasteiger partial charge in [0.25, 0.3) is 0 Å². The highest BCUT2D eigenvalue weighted by Gasteiger charge is 2.18. The van der Waals surface area contributed by atoms with Crippen LogP contribution in [0.25, 0.3) is 0 Å². The molecule has 0 bridgehead atoms. The molecule has 0 aromatic heterocycles. The Morgan fingerprint density at radius 2 is 1.14 bits per heavy atom. The largest absolute Gasteiger partial charge is 0.507 e. The van der Waals surface area contributed by atoms with Crippen molar-refractivity contribution in [3.8, 4) is 23.0 Å². The third-order valence-electron chi connectivity index (χ3n) is 3.58. The Morgan fingerprint density at radius 3 is 1.50 bits per heavy atom. The number of carbonyl (C=O) groups is 3. The number of carbonyl (C=O) groups excluding carboxylic acids is 3. The van der Waals surface area contributed by atoms with Gasteiger partial charge in [0, 0.05) is 0 Å². The topological polar surface area (TPSA) is 129 Å². The molecule has 2 aromatic rings. The second kappa shape index (κ2) is 9.26. The number of Topliss-reactive ketones (excluding diaryl/α,β-unsaturated/α-hetero) is 1. The summed E-state index contributed by atoms with van der Waals surface area (Å²) in [6, 6.07) is 7.91. The van der Waals surface area contributed by atoms with E-state index < -0.39 is 30.9 Å². The van der Waals surface area contributed by atoms with Gasteiger partial charge < -0.3 is 29.2 Å². The molecule has 0 saturated heterocycles. The van der Waals surface area contributed by atoms with E-state index in [1.807, 2.05) is 0 Å². The van der Waals surface area contributed by atoms with Crippen LogP contribution in [0.3, 0.4) is 0 Å². The zero-order valence-corrected chi connectivity index (χ0v) is 15.1. The van der Waals surface area contributed by atoms with Crippen LogP contribution in [0.4, 0.5) is 0 Å². The molecule has 0 amide bonds. The summed E-state index contributed by atoms with van der Waals surface area (Å²) in [5.41, 5.74) is -0.351. The normalized spacial score (nSPS) is 10.1. The molecule has 148 valence electrons. The summed E-state index contributed by atoms with van der Waals surface area (Å²) in [4.78, 5) is 35.7. The van der Waals surface area contributed by atoms with Crippen LogP contribution in [0.15, 0.2) is 36.4 Å². The fraction of sp³-hybridized carbons (Fsp3) is 0.211. The minimum atomic E-state index is -0.943. The fourth-order valence-corrected chi connectivity index (χ4v) is 2.10. The maximum atomic E-state index is 12.0. The van der Waals surface area contributed by atoms with Gasteiger partial charge in [0.2, 0.25) is 5.78 Å². The quantitative estimate of drug-likeness (QED) is 0.647. The Morgan fingerprint density at radius 1 is 0.750 bits per heavy atom. The molecule has 9 heteroatoms. The number of benzene rings is 2. The molecule has 0 unspecified atom stereocenters. The van der Waals surface area contributed by atoms with Gasteiger partial charge in [-0.25, -0.2) is 9.59 Å². The van der Waals surface area contributed by atoms with Gasteiger partial charge in [-0.3, -0.25) is 4.79 Å². The summed E-state index contributed by atoms with van der Waals surface area (Å²) in [5, 5.41) is 19.4. The Labute approximate surface area is 160 Å². The second-order valence-corrected chi connectivity index (χ2v) is 5.46. The summed E-state index contributed by atoms with van der Waals surface area (Å²) in [7, 11) is 2.78. The number of esters is 2. The number of ether oxygens (including phenoxy) is 4. The van der Waals surface area contributed by atoms with Crippen LogP contribution in [-0.2, 0) is 14.3 Å². The number of hydrogen-bond donors (Lipinski definition) is 2. The lowest BCUT2D eigenvalue weighted by Crippen LogP contribution is -2.20. The Kier molecular flexibility index (Phi) is 6.80. The number of rotatable bonds is 8. The molecular weight excluding hydrogens is 372 g/mol. The molecule has 0 radical (unpaired) electrons. The standard InChI is InChI=1S/C19H18O9/c1-25-12-3-5-16(21)14(7-12)18(23)27-9-11(20)10-28-19(24)15-8-13(26-2)4-6-17(15)22/h3-8,21-22H,9-10H2,1-2H3. The van der Waals surface area contributed by atoms with E-state index in [1.165, 1.54) is 50.6 Å². The monoisotopic (exact) mass is 390 g/mol. The van der Waals surface area contributed by atoms with Crippen molar-refractivity contribution in [1.29, 1.82) is 0 Å². The summed E-state index contributed by atoms with van der Waals surface area (Å²) in [6.45, 7) is -1.35. The van der Waals surface area contributed by atoms with Crippen LogP contribution in [0, 0.1) is 0 Å². The van der Waals surface area contributed by atoms with Crippen molar-refractivity contribution >= 4 is 17.7 Å².